The Morgan fingerprint density at radius 1 is 0.882 bits per heavy atom. The van der Waals surface area contributed by atoms with Crippen molar-refractivity contribution in [3.8, 4) is 5.75 Å². The smallest absolute Gasteiger partial charge is 0.243 e. The predicted molar refractivity (Wildman–Crippen MR) is 134 cm³/mol. The van der Waals surface area contributed by atoms with Crippen LogP contribution in [0.25, 0.3) is 0 Å². The van der Waals surface area contributed by atoms with Gasteiger partial charge in [0.15, 0.2) is 0 Å². The number of methoxy groups -OCH3 is 1. The molecule has 0 aliphatic carbocycles. The number of benzene rings is 3. The summed E-state index contributed by atoms with van der Waals surface area (Å²) in [5.41, 5.74) is 2.21. The second-order valence-electron chi connectivity index (χ2n) is 8.24. The summed E-state index contributed by atoms with van der Waals surface area (Å²) in [6.07, 6.45) is 2.11. The molecule has 0 bridgehead atoms. The van der Waals surface area contributed by atoms with E-state index in [1.54, 1.807) is 12.1 Å². The molecule has 0 heterocycles. The van der Waals surface area contributed by atoms with Crippen LogP contribution in [-0.2, 0) is 27.7 Å². The number of hydrogen-bond donors (Lipinski definition) is 1. The minimum absolute atomic E-state index is 0.0765. The Morgan fingerprint density at radius 3 is 2.00 bits per heavy atom. The van der Waals surface area contributed by atoms with Crippen molar-refractivity contribution >= 4 is 15.9 Å². The molecule has 3 aromatic rings. The fraction of sp³-hybridized carbons (Fsp3) is 0.296. The van der Waals surface area contributed by atoms with Crippen molar-refractivity contribution in [2.24, 2.45) is 0 Å². The molecule has 0 unspecified atom stereocenters. The number of ether oxygens (including phenoxy) is 1. The highest BCUT2D eigenvalue weighted by atomic mass is 32.2. The Labute approximate surface area is 202 Å². The van der Waals surface area contributed by atoms with Crippen molar-refractivity contribution in [3.63, 3.8) is 0 Å². The Bertz CT molecular complexity index is 1130. The van der Waals surface area contributed by atoms with Crippen molar-refractivity contribution in [1.29, 1.82) is 0 Å². The Morgan fingerprint density at radius 2 is 1.44 bits per heavy atom. The molecule has 0 spiro atoms. The van der Waals surface area contributed by atoms with Crippen LogP contribution < -0.4 is 10.1 Å². The summed E-state index contributed by atoms with van der Waals surface area (Å²) in [5, 5.41) is 2.96. The molecule has 3 rings (SSSR count). The zero-order chi connectivity index (χ0) is 24.4. The summed E-state index contributed by atoms with van der Waals surface area (Å²) in [6.45, 7) is 1.90. The molecule has 0 aliphatic rings. The molecule has 1 atom stereocenters. The highest BCUT2D eigenvalue weighted by Crippen LogP contribution is 2.20. The van der Waals surface area contributed by atoms with Gasteiger partial charge in [0, 0.05) is 12.6 Å². The van der Waals surface area contributed by atoms with Crippen molar-refractivity contribution in [3.05, 3.63) is 96.1 Å². The zero-order valence-corrected chi connectivity index (χ0v) is 20.5. The van der Waals surface area contributed by atoms with Gasteiger partial charge in [-0.15, -0.1) is 0 Å². The third-order valence-electron chi connectivity index (χ3n) is 5.63. The van der Waals surface area contributed by atoms with Gasteiger partial charge < -0.3 is 10.1 Å². The lowest BCUT2D eigenvalue weighted by atomic mass is 10.1. The summed E-state index contributed by atoms with van der Waals surface area (Å²) in [6, 6.07) is 25.9. The first-order valence-corrected chi connectivity index (χ1v) is 12.8. The lowest BCUT2D eigenvalue weighted by Gasteiger charge is -2.23. The maximum Gasteiger partial charge on any atom is 0.243 e. The third kappa shape index (κ3) is 7.43. The summed E-state index contributed by atoms with van der Waals surface area (Å²) in [7, 11) is -2.34. The quantitative estimate of drug-likeness (QED) is 0.424. The third-order valence-corrected chi connectivity index (χ3v) is 7.49. The fourth-order valence-corrected chi connectivity index (χ4v) is 5.06. The summed E-state index contributed by atoms with van der Waals surface area (Å²) >= 11 is 0. The average molecular weight is 481 g/mol. The van der Waals surface area contributed by atoms with Crippen molar-refractivity contribution in [1.82, 2.24) is 9.62 Å². The molecule has 0 fully saturated rings. The van der Waals surface area contributed by atoms with E-state index in [0.717, 1.165) is 18.4 Å². The van der Waals surface area contributed by atoms with Gasteiger partial charge in [0.1, 0.15) is 5.75 Å². The molecule has 1 amide bonds. The Kier molecular flexibility index (Phi) is 9.24. The maximum absolute atomic E-state index is 13.4. The van der Waals surface area contributed by atoms with Gasteiger partial charge in [0.05, 0.1) is 18.6 Å². The van der Waals surface area contributed by atoms with Crippen LogP contribution in [0.2, 0.25) is 0 Å². The van der Waals surface area contributed by atoms with Crippen LogP contribution in [0.5, 0.6) is 5.75 Å². The van der Waals surface area contributed by atoms with E-state index in [2.05, 4.69) is 17.4 Å². The van der Waals surface area contributed by atoms with Crippen molar-refractivity contribution < 1.29 is 17.9 Å². The molecule has 7 heteroatoms. The Balaban J connectivity index is 1.68. The van der Waals surface area contributed by atoms with E-state index < -0.39 is 10.0 Å². The molecular formula is C27H32N2O4S. The normalized spacial score (nSPS) is 12.3. The minimum atomic E-state index is -3.87. The second kappa shape index (κ2) is 12.3. The van der Waals surface area contributed by atoms with Gasteiger partial charge in [-0.05, 0) is 61.6 Å². The topological polar surface area (TPSA) is 75.7 Å². The minimum Gasteiger partial charge on any atom is -0.497 e. The molecule has 0 aliphatic heterocycles. The first-order chi connectivity index (χ1) is 16.4. The standard InChI is InChI=1S/C27H32N2O4S/c1-22(13-14-23-9-5-3-6-10-23)28-27(30)21-29(20-19-24-11-7-4-8-12-24)34(31,32)26-17-15-25(33-2)16-18-26/h3-12,15-18,22H,13-14,19-21H2,1-2H3,(H,28,30)/t22-/m0/s1. The van der Waals surface area contributed by atoms with Crippen molar-refractivity contribution in [2.45, 2.75) is 37.1 Å². The highest BCUT2D eigenvalue weighted by molar-refractivity contribution is 7.89. The molecule has 34 heavy (non-hydrogen) atoms. The van der Waals surface area contributed by atoms with Crippen LogP contribution in [0.1, 0.15) is 24.5 Å². The fourth-order valence-electron chi connectivity index (χ4n) is 3.66. The van der Waals surface area contributed by atoms with Gasteiger partial charge in [-0.3, -0.25) is 4.79 Å². The van der Waals surface area contributed by atoms with E-state index in [0.29, 0.717) is 12.2 Å². The monoisotopic (exact) mass is 480 g/mol. The number of amides is 1. The zero-order valence-electron chi connectivity index (χ0n) is 19.7. The van der Waals surface area contributed by atoms with E-state index in [9.17, 15) is 13.2 Å². The van der Waals surface area contributed by atoms with E-state index in [4.69, 9.17) is 4.74 Å². The molecule has 0 radical (unpaired) electrons. The molecule has 3 aromatic carbocycles. The largest absolute Gasteiger partial charge is 0.497 e. The van der Waals surface area contributed by atoms with Gasteiger partial charge in [0.2, 0.25) is 15.9 Å². The first-order valence-electron chi connectivity index (χ1n) is 11.4. The SMILES string of the molecule is COc1ccc(S(=O)(=O)N(CCc2ccccc2)CC(=O)N[C@@H](C)CCc2ccccc2)cc1. The number of rotatable bonds is 12. The first kappa shape index (κ1) is 25.5. The lowest BCUT2D eigenvalue weighted by Crippen LogP contribution is -2.44. The number of aryl methyl sites for hydroxylation is 1. The number of nitrogens with zero attached hydrogens (tertiary/aromatic N) is 1. The molecule has 0 saturated carbocycles. The summed E-state index contributed by atoms with van der Waals surface area (Å²) < 4.78 is 33.2. The van der Waals surface area contributed by atoms with E-state index in [1.165, 1.54) is 29.1 Å². The molecule has 1 N–H and O–H groups in total. The summed E-state index contributed by atoms with van der Waals surface area (Å²) in [4.78, 5) is 13.0. The summed E-state index contributed by atoms with van der Waals surface area (Å²) in [5.74, 6) is 0.255. The van der Waals surface area contributed by atoms with Crippen LogP contribution >= 0.6 is 0 Å². The number of carbonyl (C=O) groups is 1. The lowest BCUT2D eigenvalue weighted by molar-refractivity contribution is -0.121. The molecular weight excluding hydrogens is 448 g/mol. The van der Waals surface area contributed by atoms with E-state index in [1.807, 2.05) is 55.5 Å². The van der Waals surface area contributed by atoms with E-state index in [-0.39, 0.29) is 29.9 Å². The Hall–Kier alpha value is -3.16. The number of hydrogen-bond acceptors (Lipinski definition) is 4. The van der Waals surface area contributed by atoms with Crippen LogP contribution in [0.3, 0.4) is 0 Å². The number of sulfonamides is 1. The van der Waals surface area contributed by atoms with Gasteiger partial charge in [0.25, 0.3) is 0 Å². The highest BCUT2D eigenvalue weighted by Gasteiger charge is 2.27. The van der Waals surface area contributed by atoms with Crippen molar-refractivity contribution in [2.75, 3.05) is 20.2 Å². The van der Waals surface area contributed by atoms with Crippen LogP contribution in [0.15, 0.2) is 89.8 Å². The molecule has 180 valence electrons. The molecule has 0 saturated heterocycles. The second-order valence-corrected chi connectivity index (χ2v) is 10.2. The number of carbonyl (C=O) groups excluding carboxylic acids is 1. The number of nitrogens with one attached hydrogen (secondary N) is 1. The molecule has 0 aromatic heterocycles. The maximum atomic E-state index is 13.4. The average Bonchev–Trinajstić information content (AvgIpc) is 2.86. The molecule has 6 nitrogen and oxygen atoms in total. The van der Waals surface area contributed by atoms with E-state index >= 15 is 0 Å². The van der Waals surface area contributed by atoms with Crippen LogP contribution in [-0.4, -0.2) is 44.9 Å². The van der Waals surface area contributed by atoms with Gasteiger partial charge >= 0.3 is 0 Å². The predicted octanol–water partition coefficient (Wildman–Crippen LogP) is 4.07. The van der Waals surface area contributed by atoms with Crippen LogP contribution in [0.4, 0.5) is 0 Å². The van der Waals surface area contributed by atoms with Crippen LogP contribution in [0, 0.1) is 0 Å². The van der Waals surface area contributed by atoms with Gasteiger partial charge in [-0.2, -0.15) is 4.31 Å². The van der Waals surface area contributed by atoms with Gasteiger partial charge in [-0.1, -0.05) is 60.7 Å². The van der Waals surface area contributed by atoms with Gasteiger partial charge in [-0.25, -0.2) is 8.42 Å².